The summed E-state index contributed by atoms with van der Waals surface area (Å²) in [5, 5.41) is 17.9. The van der Waals surface area contributed by atoms with Gasteiger partial charge >= 0.3 is 11.9 Å². The quantitative estimate of drug-likeness (QED) is 0.615. The Balaban J connectivity index is 2.29. The van der Waals surface area contributed by atoms with Gasteiger partial charge < -0.3 is 14.6 Å². The zero-order valence-electron chi connectivity index (χ0n) is 11.3. The second kappa shape index (κ2) is 6.32. The number of aryl methyl sites for hydroxylation is 1. The molecule has 1 aliphatic rings. The summed E-state index contributed by atoms with van der Waals surface area (Å²) in [5.74, 6) is -2.29. The van der Waals surface area contributed by atoms with Crippen LogP contribution in [0.2, 0.25) is 0 Å². The second-order valence-corrected chi connectivity index (χ2v) is 6.13. The maximum Gasteiger partial charge on any atom is 0.327 e. The number of nitrogens with zero attached hydrogens (tertiary/aromatic N) is 1. The molecule has 2 rings (SSSR count). The lowest BCUT2D eigenvalue weighted by molar-refractivity contribution is -0.150. The van der Waals surface area contributed by atoms with Gasteiger partial charge in [-0.1, -0.05) is 24.0 Å². The second-order valence-electron chi connectivity index (χ2n) is 4.45. The van der Waals surface area contributed by atoms with E-state index in [1.165, 1.54) is 6.08 Å². The maximum absolute atomic E-state index is 12.3. The number of carboxylic acids is 2. The van der Waals surface area contributed by atoms with Crippen LogP contribution in [-0.2, 0) is 14.4 Å². The molecule has 1 aliphatic heterocycles. The third-order valence-corrected chi connectivity index (χ3v) is 4.15. The first-order valence-corrected chi connectivity index (χ1v) is 7.30. The number of furan rings is 1. The zero-order valence-corrected chi connectivity index (χ0v) is 12.9. The van der Waals surface area contributed by atoms with Crippen molar-refractivity contribution < 1.29 is 29.0 Å². The number of amides is 1. The number of hydrogen-bond acceptors (Lipinski definition) is 6. The lowest BCUT2D eigenvalue weighted by atomic mass is 10.2. The Hall–Kier alpha value is -2.13. The number of hydrogen-bond donors (Lipinski definition) is 2. The number of aliphatic carboxylic acids is 2. The van der Waals surface area contributed by atoms with Crippen molar-refractivity contribution in [2.75, 3.05) is 0 Å². The van der Waals surface area contributed by atoms with Gasteiger partial charge in [0.1, 0.15) is 21.9 Å². The third kappa shape index (κ3) is 3.37. The predicted octanol–water partition coefficient (Wildman–Crippen LogP) is 1.72. The van der Waals surface area contributed by atoms with Gasteiger partial charge in [0.05, 0.1) is 11.3 Å². The number of rotatable bonds is 5. The number of thiocarbonyl (C=S) groups is 1. The molecule has 7 nitrogen and oxygen atoms in total. The summed E-state index contributed by atoms with van der Waals surface area (Å²) in [6.07, 6.45) is 0.723. The van der Waals surface area contributed by atoms with Gasteiger partial charge in [0, 0.05) is 6.08 Å². The Labute approximate surface area is 134 Å². The van der Waals surface area contributed by atoms with Crippen LogP contribution >= 0.6 is 24.0 Å². The lowest BCUT2D eigenvalue weighted by Gasteiger charge is -2.21. The van der Waals surface area contributed by atoms with Gasteiger partial charge in [0.2, 0.25) is 0 Å². The molecule has 1 aromatic heterocycles. The molecule has 0 spiro atoms. The average Bonchev–Trinajstić information content (AvgIpc) is 2.92. The maximum atomic E-state index is 12.3. The van der Waals surface area contributed by atoms with Crippen molar-refractivity contribution in [1.29, 1.82) is 0 Å². The molecule has 0 aromatic carbocycles. The van der Waals surface area contributed by atoms with Crippen molar-refractivity contribution in [3.8, 4) is 0 Å². The van der Waals surface area contributed by atoms with Crippen molar-refractivity contribution >= 4 is 52.2 Å². The number of carbonyl (C=O) groups excluding carboxylic acids is 1. The van der Waals surface area contributed by atoms with Crippen LogP contribution in [0.4, 0.5) is 0 Å². The molecule has 22 heavy (non-hydrogen) atoms. The Morgan fingerprint density at radius 3 is 2.64 bits per heavy atom. The molecule has 0 aliphatic carbocycles. The molecule has 116 valence electrons. The number of carboxylic acid groups (broad SMARTS) is 2. The van der Waals surface area contributed by atoms with Crippen LogP contribution in [0, 0.1) is 6.92 Å². The summed E-state index contributed by atoms with van der Waals surface area (Å²) in [7, 11) is 0. The molecule has 1 fully saturated rings. The minimum atomic E-state index is -1.53. The minimum absolute atomic E-state index is 0.00757. The van der Waals surface area contributed by atoms with E-state index >= 15 is 0 Å². The van der Waals surface area contributed by atoms with Crippen molar-refractivity contribution in [1.82, 2.24) is 4.90 Å². The van der Waals surface area contributed by atoms with Crippen LogP contribution < -0.4 is 0 Å². The Morgan fingerprint density at radius 1 is 1.45 bits per heavy atom. The van der Waals surface area contributed by atoms with Gasteiger partial charge in [0.25, 0.3) is 5.91 Å². The lowest BCUT2D eigenvalue weighted by Crippen LogP contribution is -2.45. The van der Waals surface area contributed by atoms with Crippen molar-refractivity contribution in [3.63, 3.8) is 0 Å². The standard InChI is InChI=1S/C13H11NO6S2/c1-6-2-3-7(20-6)4-9-11(17)14(13(21)22-9)8(12(18)19)5-10(15)16/h2-4,8H,5H2,1H3,(H,15,16)(H,18,19)/b9-4+/t8-/m1/s1. The topological polar surface area (TPSA) is 108 Å². The molecule has 1 amide bonds. The van der Waals surface area contributed by atoms with E-state index in [1.807, 2.05) is 0 Å². The van der Waals surface area contributed by atoms with E-state index in [-0.39, 0.29) is 9.23 Å². The van der Waals surface area contributed by atoms with Crippen LogP contribution in [0.3, 0.4) is 0 Å². The summed E-state index contributed by atoms with van der Waals surface area (Å²) in [6.45, 7) is 1.75. The number of thioether (sulfide) groups is 1. The van der Waals surface area contributed by atoms with Gasteiger partial charge in [0.15, 0.2) is 0 Å². The molecule has 1 aromatic rings. The van der Waals surface area contributed by atoms with E-state index in [0.29, 0.717) is 11.5 Å². The molecule has 0 bridgehead atoms. The van der Waals surface area contributed by atoms with Crippen molar-refractivity contribution in [2.24, 2.45) is 0 Å². The number of carbonyl (C=O) groups is 3. The van der Waals surface area contributed by atoms with Gasteiger partial charge in [-0.15, -0.1) is 0 Å². The summed E-state index contributed by atoms with van der Waals surface area (Å²) in [5.41, 5.74) is 0. The van der Waals surface area contributed by atoms with Crippen molar-refractivity contribution in [2.45, 2.75) is 19.4 Å². The SMILES string of the molecule is Cc1ccc(/C=C2/SC(=S)N([C@H](CC(=O)O)C(=O)O)C2=O)o1. The highest BCUT2D eigenvalue weighted by Gasteiger charge is 2.41. The summed E-state index contributed by atoms with van der Waals surface area (Å²) in [6, 6.07) is 1.85. The van der Waals surface area contributed by atoms with Crippen LogP contribution in [0.1, 0.15) is 17.9 Å². The summed E-state index contributed by atoms with van der Waals surface area (Å²) < 4.78 is 5.33. The summed E-state index contributed by atoms with van der Waals surface area (Å²) >= 11 is 5.92. The molecule has 0 saturated carbocycles. The Bertz CT molecular complexity index is 692. The van der Waals surface area contributed by atoms with Crippen LogP contribution in [-0.4, -0.2) is 43.3 Å². The van der Waals surface area contributed by atoms with Crippen LogP contribution in [0.5, 0.6) is 0 Å². The first kappa shape index (κ1) is 16.2. The molecular weight excluding hydrogens is 330 g/mol. The molecule has 2 N–H and O–H groups in total. The molecule has 1 saturated heterocycles. The zero-order chi connectivity index (χ0) is 16.4. The smallest absolute Gasteiger partial charge is 0.327 e. The van der Waals surface area contributed by atoms with E-state index in [2.05, 4.69) is 0 Å². The highest BCUT2D eigenvalue weighted by molar-refractivity contribution is 8.26. The fourth-order valence-corrected chi connectivity index (χ4v) is 3.20. The highest BCUT2D eigenvalue weighted by Crippen LogP contribution is 2.34. The first-order valence-electron chi connectivity index (χ1n) is 6.07. The molecule has 2 heterocycles. The largest absolute Gasteiger partial charge is 0.481 e. The van der Waals surface area contributed by atoms with Gasteiger partial charge in [-0.2, -0.15) is 0 Å². The fraction of sp³-hybridized carbons (Fsp3) is 0.231. The third-order valence-electron chi connectivity index (χ3n) is 2.82. The predicted molar refractivity (Wildman–Crippen MR) is 82.1 cm³/mol. The average molecular weight is 341 g/mol. The monoisotopic (exact) mass is 341 g/mol. The van der Waals surface area contributed by atoms with Gasteiger partial charge in [-0.25, -0.2) is 4.79 Å². The summed E-state index contributed by atoms with van der Waals surface area (Å²) in [4.78, 5) is 35.3. The van der Waals surface area contributed by atoms with E-state index in [4.69, 9.17) is 26.8 Å². The molecule has 0 radical (unpaired) electrons. The van der Waals surface area contributed by atoms with E-state index in [9.17, 15) is 14.4 Å². The van der Waals surface area contributed by atoms with Crippen LogP contribution in [0.15, 0.2) is 21.5 Å². The minimum Gasteiger partial charge on any atom is -0.481 e. The fourth-order valence-electron chi connectivity index (χ4n) is 1.86. The highest BCUT2D eigenvalue weighted by atomic mass is 32.2. The molecular formula is C13H11NO6S2. The van der Waals surface area contributed by atoms with E-state index < -0.39 is 30.3 Å². The van der Waals surface area contributed by atoms with E-state index in [0.717, 1.165) is 16.7 Å². The first-order chi connectivity index (χ1) is 10.3. The van der Waals surface area contributed by atoms with Crippen LogP contribution in [0.25, 0.3) is 6.08 Å². The Morgan fingerprint density at radius 2 is 2.14 bits per heavy atom. The molecule has 1 atom stereocenters. The van der Waals surface area contributed by atoms with E-state index in [1.54, 1.807) is 19.1 Å². The van der Waals surface area contributed by atoms with Gasteiger partial charge in [-0.3, -0.25) is 14.5 Å². The molecule has 9 heteroatoms. The Kier molecular flexibility index (Phi) is 4.67. The molecule has 0 unspecified atom stereocenters. The van der Waals surface area contributed by atoms with Crippen molar-refractivity contribution in [3.05, 3.63) is 28.6 Å². The van der Waals surface area contributed by atoms with Gasteiger partial charge in [-0.05, 0) is 19.1 Å². The normalized spacial score (nSPS) is 18.0.